The number of nitrogens with one attached hydrogen (secondary N) is 1. The second-order valence-corrected chi connectivity index (χ2v) is 4.38. The van der Waals surface area contributed by atoms with E-state index in [4.69, 9.17) is 0 Å². The van der Waals surface area contributed by atoms with Gasteiger partial charge < -0.3 is 4.90 Å². The summed E-state index contributed by atoms with van der Waals surface area (Å²) in [6.07, 6.45) is 0.612. The smallest absolute Gasteiger partial charge is 0.255 e. The van der Waals surface area contributed by atoms with E-state index in [1.165, 1.54) is 4.90 Å². The summed E-state index contributed by atoms with van der Waals surface area (Å²) in [5.74, 6) is -0.124. The number of rotatable bonds is 4. The van der Waals surface area contributed by atoms with Crippen LogP contribution in [0.25, 0.3) is 0 Å². The first-order valence-corrected chi connectivity index (χ1v) is 5.46. The van der Waals surface area contributed by atoms with Gasteiger partial charge in [-0.1, -0.05) is 13.3 Å². The SMILES string of the molecule is CCCC1NC2(CC2)C(=O)N1CC(F)F. The first-order valence-electron chi connectivity index (χ1n) is 5.46. The van der Waals surface area contributed by atoms with E-state index in [1.54, 1.807) is 0 Å². The molecule has 1 saturated carbocycles. The van der Waals surface area contributed by atoms with E-state index in [0.29, 0.717) is 0 Å². The molecule has 1 aliphatic carbocycles. The summed E-state index contributed by atoms with van der Waals surface area (Å²) in [7, 11) is 0. The van der Waals surface area contributed by atoms with Gasteiger partial charge in [0.05, 0.1) is 18.2 Å². The summed E-state index contributed by atoms with van der Waals surface area (Å²) < 4.78 is 24.6. The lowest BCUT2D eigenvalue weighted by Gasteiger charge is -2.23. The zero-order valence-electron chi connectivity index (χ0n) is 8.80. The van der Waals surface area contributed by atoms with Crippen LogP contribution in [0.5, 0.6) is 0 Å². The van der Waals surface area contributed by atoms with Crippen molar-refractivity contribution in [1.29, 1.82) is 0 Å². The van der Waals surface area contributed by atoms with Crippen molar-refractivity contribution in [1.82, 2.24) is 10.2 Å². The average molecular weight is 218 g/mol. The molecule has 1 saturated heterocycles. The molecular weight excluding hydrogens is 202 g/mol. The molecule has 1 heterocycles. The Morgan fingerprint density at radius 3 is 2.73 bits per heavy atom. The molecule has 15 heavy (non-hydrogen) atoms. The highest BCUT2D eigenvalue weighted by atomic mass is 19.3. The molecule has 3 nitrogen and oxygen atoms in total. The second kappa shape index (κ2) is 3.70. The molecular formula is C10H16F2N2O. The quantitative estimate of drug-likeness (QED) is 0.772. The number of nitrogens with zero attached hydrogens (tertiary/aromatic N) is 1. The molecule has 5 heteroatoms. The number of hydrogen-bond donors (Lipinski definition) is 1. The number of hydrogen-bond acceptors (Lipinski definition) is 2. The first-order chi connectivity index (χ1) is 7.09. The van der Waals surface area contributed by atoms with Crippen LogP contribution in [0.2, 0.25) is 0 Å². The first kappa shape index (κ1) is 10.8. The van der Waals surface area contributed by atoms with Crippen molar-refractivity contribution in [2.75, 3.05) is 6.54 Å². The minimum absolute atomic E-state index is 0.124. The lowest BCUT2D eigenvalue weighted by molar-refractivity contribution is -0.132. The van der Waals surface area contributed by atoms with Gasteiger partial charge in [0.25, 0.3) is 6.43 Å². The van der Waals surface area contributed by atoms with Crippen LogP contribution in [0.3, 0.4) is 0 Å². The molecule has 1 N–H and O–H groups in total. The lowest BCUT2D eigenvalue weighted by Crippen LogP contribution is -2.40. The van der Waals surface area contributed by atoms with Crippen molar-refractivity contribution in [3.8, 4) is 0 Å². The third kappa shape index (κ3) is 1.85. The Morgan fingerprint density at radius 2 is 2.27 bits per heavy atom. The van der Waals surface area contributed by atoms with Crippen LogP contribution >= 0.6 is 0 Å². The Balaban J connectivity index is 2.06. The monoisotopic (exact) mass is 218 g/mol. The predicted molar refractivity (Wildman–Crippen MR) is 51.5 cm³/mol. The maximum atomic E-state index is 12.3. The fourth-order valence-corrected chi connectivity index (χ4v) is 2.22. The molecule has 86 valence electrons. The van der Waals surface area contributed by atoms with Crippen molar-refractivity contribution in [2.45, 2.75) is 50.7 Å². The molecule has 0 bridgehead atoms. The van der Waals surface area contributed by atoms with Crippen molar-refractivity contribution in [3.63, 3.8) is 0 Å². The molecule has 1 amide bonds. The van der Waals surface area contributed by atoms with E-state index in [0.717, 1.165) is 25.7 Å². The zero-order valence-corrected chi connectivity index (χ0v) is 8.80. The molecule has 2 aliphatic rings. The highest BCUT2D eigenvalue weighted by Crippen LogP contribution is 2.42. The van der Waals surface area contributed by atoms with E-state index >= 15 is 0 Å². The summed E-state index contributed by atoms with van der Waals surface area (Å²) in [6, 6.07) is 0. The summed E-state index contributed by atoms with van der Waals surface area (Å²) in [6.45, 7) is 1.56. The Morgan fingerprint density at radius 1 is 1.60 bits per heavy atom. The normalized spacial score (nSPS) is 28.1. The van der Waals surface area contributed by atoms with E-state index < -0.39 is 18.5 Å². The molecule has 2 rings (SSSR count). The summed E-state index contributed by atoms with van der Waals surface area (Å²) in [5.41, 5.74) is -0.464. The fourth-order valence-electron chi connectivity index (χ4n) is 2.22. The van der Waals surface area contributed by atoms with Gasteiger partial charge in [0.2, 0.25) is 5.91 Å². The maximum Gasteiger partial charge on any atom is 0.255 e. The van der Waals surface area contributed by atoms with Gasteiger partial charge in [0.1, 0.15) is 0 Å². The molecule has 1 atom stereocenters. The van der Waals surface area contributed by atoms with E-state index in [-0.39, 0.29) is 12.1 Å². The molecule has 0 aromatic heterocycles. The number of amides is 1. The molecule has 1 spiro atoms. The van der Waals surface area contributed by atoms with Gasteiger partial charge in [-0.15, -0.1) is 0 Å². The minimum Gasteiger partial charge on any atom is -0.320 e. The van der Waals surface area contributed by atoms with Crippen molar-refractivity contribution in [3.05, 3.63) is 0 Å². The fraction of sp³-hybridized carbons (Fsp3) is 0.900. The van der Waals surface area contributed by atoms with Crippen LogP contribution in [0, 0.1) is 0 Å². The largest absolute Gasteiger partial charge is 0.320 e. The number of carbonyl (C=O) groups is 1. The lowest BCUT2D eigenvalue weighted by atomic mass is 10.2. The van der Waals surface area contributed by atoms with Gasteiger partial charge in [-0.05, 0) is 19.3 Å². The van der Waals surface area contributed by atoms with Crippen molar-refractivity contribution in [2.24, 2.45) is 0 Å². The van der Waals surface area contributed by atoms with E-state index in [2.05, 4.69) is 5.32 Å². The standard InChI is InChI=1S/C10H16F2N2O/c1-2-3-8-13-10(4-5-10)9(15)14(8)6-7(11)12/h7-8,13H,2-6H2,1H3. The third-order valence-corrected chi connectivity index (χ3v) is 3.14. The predicted octanol–water partition coefficient (Wildman–Crippen LogP) is 1.34. The Kier molecular flexibility index (Phi) is 2.66. The van der Waals surface area contributed by atoms with Gasteiger partial charge in [-0.25, -0.2) is 8.78 Å². The third-order valence-electron chi connectivity index (χ3n) is 3.14. The molecule has 1 aliphatic heterocycles. The van der Waals surface area contributed by atoms with Gasteiger partial charge >= 0.3 is 0 Å². The van der Waals surface area contributed by atoms with Crippen LogP contribution in [0.1, 0.15) is 32.6 Å². The van der Waals surface area contributed by atoms with Crippen molar-refractivity contribution < 1.29 is 13.6 Å². The van der Waals surface area contributed by atoms with Crippen LogP contribution in [0.15, 0.2) is 0 Å². The van der Waals surface area contributed by atoms with Gasteiger partial charge in [0.15, 0.2) is 0 Å². The number of alkyl halides is 2. The second-order valence-electron chi connectivity index (χ2n) is 4.38. The van der Waals surface area contributed by atoms with Crippen molar-refractivity contribution >= 4 is 5.91 Å². The van der Waals surface area contributed by atoms with Crippen LogP contribution < -0.4 is 5.32 Å². The maximum absolute atomic E-state index is 12.3. The molecule has 0 radical (unpaired) electrons. The van der Waals surface area contributed by atoms with E-state index in [9.17, 15) is 13.6 Å². The van der Waals surface area contributed by atoms with Crippen LogP contribution in [-0.4, -0.2) is 35.5 Å². The van der Waals surface area contributed by atoms with Gasteiger partial charge in [-0.3, -0.25) is 10.1 Å². The average Bonchev–Trinajstić information content (AvgIpc) is 2.89. The summed E-state index contributed by atoms with van der Waals surface area (Å²) >= 11 is 0. The topological polar surface area (TPSA) is 32.3 Å². The molecule has 0 aromatic rings. The Hall–Kier alpha value is -0.710. The van der Waals surface area contributed by atoms with Gasteiger partial charge in [0, 0.05) is 0 Å². The molecule has 2 fully saturated rings. The Bertz CT molecular complexity index is 266. The zero-order chi connectivity index (χ0) is 11.1. The van der Waals surface area contributed by atoms with Crippen LogP contribution in [-0.2, 0) is 4.79 Å². The molecule has 1 unspecified atom stereocenters. The number of halogens is 2. The highest BCUT2D eigenvalue weighted by Gasteiger charge is 2.58. The number of carbonyl (C=O) groups excluding carboxylic acids is 1. The summed E-state index contributed by atoms with van der Waals surface area (Å²) in [4.78, 5) is 13.2. The van der Waals surface area contributed by atoms with E-state index in [1.807, 2.05) is 6.92 Å². The summed E-state index contributed by atoms with van der Waals surface area (Å²) in [5, 5.41) is 3.19. The minimum atomic E-state index is -2.44. The highest BCUT2D eigenvalue weighted by molar-refractivity contribution is 5.91. The Labute approximate surface area is 87.8 Å². The molecule has 0 aromatic carbocycles. The van der Waals surface area contributed by atoms with Crippen LogP contribution in [0.4, 0.5) is 8.78 Å². The van der Waals surface area contributed by atoms with Gasteiger partial charge in [-0.2, -0.15) is 0 Å².